The molecule has 124 valence electrons. The molecule has 1 aliphatic rings. The van der Waals surface area contributed by atoms with Gasteiger partial charge in [0.2, 0.25) is 10.9 Å². The lowest BCUT2D eigenvalue weighted by atomic mass is 10.1. The van der Waals surface area contributed by atoms with Gasteiger partial charge < -0.3 is 5.32 Å². The van der Waals surface area contributed by atoms with E-state index in [9.17, 15) is 9.59 Å². The van der Waals surface area contributed by atoms with Crippen molar-refractivity contribution in [3.05, 3.63) is 59.2 Å². The first-order valence-corrected chi connectivity index (χ1v) is 8.55. The Balaban J connectivity index is 1.58. The van der Waals surface area contributed by atoms with Crippen molar-refractivity contribution in [2.24, 2.45) is 5.10 Å². The van der Waals surface area contributed by atoms with Gasteiger partial charge in [-0.3, -0.25) is 15.0 Å². The van der Waals surface area contributed by atoms with Gasteiger partial charge in [0.1, 0.15) is 5.71 Å². The van der Waals surface area contributed by atoms with Crippen molar-refractivity contribution < 1.29 is 9.59 Å². The van der Waals surface area contributed by atoms with Gasteiger partial charge in [0.25, 0.3) is 5.91 Å². The molecule has 0 fully saturated rings. The highest BCUT2D eigenvalue weighted by Gasteiger charge is 2.27. The maximum atomic E-state index is 12.5. The van der Waals surface area contributed by atoms with E-state index in [4.69, 9.17) is 0 Å². The average Bonchev–Trinajstić information content (AvgIpc) is 3.19. The van der Waals surface area contributed by atoms with E-state index in [1.54, 1.807) is 25.2 Å². The van der Waals surface area contributed by atoms with Crippen LogP contribution in [-0.2, 0) is 6.42 Å². The Labute approximate surface area is 147 Å². The van der Waals surface area contributed by atoms with Gasteiger partial charge in [-0.1, -0.05) is 23.5 Å². The molecule has 25 heavy (non-hydrogen) atoms. The zero-order chi connectivity index (χ0) is 17.4. The van der Waals surface area contributed by atoms with Crippen LogP contribution < -0.4 is 10.7 Å². The first kappa shape index (κ1) is 15.5. The van der Waals surface area contributed by atoms with E-state index >= 15 is 0 Å². The summed E-state index contributed by atoms with van der Waals surface area (Å²) < 4.78 is 1.06. The quantitative estimate of drug-likeness (QED) is 0.712. The molecule has 0 atom stereocenters. The fourth-order valence-corrected chi connectivity index (χ4v) is 3.60. The number of carbonyl (C=O) groups excluding carboxylic acids is 2. The highest BCUT2D eigenvalue weighted by molar-refractivity contribution is 7.22. The highest BCUT2D eigenvalue weighted by Crippen LogP contribution is 2.26. The molecule has 3 aromatic rings. The van der Waals surface area contributed by atoms with Crippen molar-refractivity contribution in [3.63, 3.8) is 0 Å². The summed E-state index contributed by atoms with van der Waals surface area (Å²) in [5, 5.41) is 7.47. The van der Waals surface area contributed by atoms with Crippen LogP contribution in [0.25, 0.3) is 10.2 Å². The van der Waals surface area contributed by atoms with Crippen LogP contribution in [0.15, 0.2) is 47.6 Å². The van der Waals surface area contributed by atoms with Crippen molar-refractivity contribution in [3.8, 4) is 0 Å². The summed E-state index contributed by atoms with van der Waals surface area (Å²) in [6.07, 6.45) is 0.400. The molecule has 1 heterocycles. The number of aromatic nitrogens is 1. The third-order valence-corrected chi connectivity index (χ3v) is 4.98. The number of hydrogen-bond donors (Lipinski definition) is 2. The minimum Gasteiger partial charge on any atom is -0.355 e. The number of Topliss-reactive ketones (excluding diaryl/α,β-unsaturated/α-hetero) is 1. The van der Waals surface area contributed by atoms with Crippen molar-refractivity contribution in [1.29, 1.82) is 0 Å². The lowest BCUT2D eigenvalue weighted by Crippen LogP contribution is -2.17. The number of thiazole rings is 1. The van der Waals surface area contributed by atoms with Crippen LogP contribution in [0.2, 0.25) is 0 Å². The van der Waals surface area contributed by atoms with Gasteiger partial charge in [-0.25, -0.2) is 4.98 Å². The zero-order valence-electron chi connectivity index (χ0n) is 13.4. The third-order valence-electron chi connectivity index (χ3n) is 4.04. The summed E-state index contributed by atoms with van der Waals surface area (Å²) in [4.78, 5) is 28.6. The van der Waals surface area contributed by atoms with E-state index in [1.807, 2.05) is 24.3 Å². The lowest BCUT2D eigenvalue weighted by molar-refractivity contribution is 0.0962. The number of benzene rings is 2. The van der Waals surface area contributed by atoms with Crippen LogP contribution in [0.4, 0.5) is 5.13 Å². The number of carbonyl (C=O) groups is 2. The molecule has 0 saturated heterocycles. The molecule has 0 aliphatic heterocycles. The van der Waals surface area contributed by atoms with Gasteiger partial charge in [-0.2, -0.15) is 5.10 Å². The molecule has 1 aromatic heterocycles. The summed E-state index contributed by atoms with van der Waals surface area (Å²) >= 11 is 1.48. The fourth-order valence-electron chi connectivity index (χ4n) is 2.79. The monoisotopic (exact) mass is 350 g/mol. The smallest absolute Gasteiger partial charge is 0.251 e. The van der Waals surface area contributed by atoms with Crippen LogP contribution in [0.1, 0.15) is 26.3 Å². The normalized spacial score (nSPS) is 14.8. The molecular formula is C18H14N4O2S. The van der Waals surface area contributed by atoms with Gasteiger partial charge in [-0.15, -0.1) is 0 Å². The number of para-hydroxylation sites is 1. The summed E-state index contributed by atoms with van der Waals surface area (Å²) in [5.74, 6) is -0.291. The van der Waals surface area contributed by atoms with E-state index in [2.05, 4.69) is 20.8 Å². The summed E-state index contributed by atoms with van der Waals surface area (Å²) in [6.45, 7) is 0. The molecule has 7 heteroatoms. The van der Waals surface area contributed by atoms with Crippen LogP contribution >= 0.6 is 11.3 Å². The molecule has 2 N–H and O–H groups in total. The number of rotatable bonds is 3. The van der Waals surface area contributed by atoms with E-state index in [0.717, 1.165) is 15.8 Å². The first-order valence-electron chi connectivity index (χ1n) is 7.73. The molecular weight excluding hydrogens is 336 g/mol. The Bertz CT molecular complexity index is 1010. The molecule has 1 amide bonds. The topological polar surface area (TPSA) is 83.4 Å². The highest BCUT2D eigenvalue weighted by atomic mass is 32.1. The van der Waals surface area contributed by atoms with Gasteiger partial charge in [0.05, 0.1) is 10.2 Å². The lowest BCUT2D eigenvalue weighted by Gasteiger charge is -2.01. The second kappa shape index (κ2) is 6.10. The van der Waals surface area contributed by atoms with E-state index < -0.39 is 0 Å². The van der Waals surface area contributed by atoms with E-state index in [1.165, 1.54) is 11.3 Å². The molecule has 1 aliphatic carbocycles. The van der Waals surface area contributed by atoms with Crippen LogP contribution in [-0.4, -0.2) is 29.4 Å². The number of hydrogen-bond acceptors (Lipinski definition) is 6. The second-order valence-corrected chi connectivity index (χ2v) is 6.64. The van der Waals surface area contributed by atoms with Gasteiger partial charge in [0, 0.05) is 24.6 Å². The van der Waals surface area contributed by atoms with Gasteiger partial charge in [-0.05, 0) is 35.9 Å². The number of ketones is 1. The van der Waals surface area contributed by atoms with Crippen molar-refractivity contribution in [2.75, 3.05) is 12.5 Å². The number of nitrogens with zero attached hydrogens (tertiary/aromatic N) is 2. The SMILES string of the molecule is CNC(=O)c1ccc2c(c1)C/C(=N/Nc1nc3ccccc3s1)C2=O. The molecule has 0 spiro atoms. The third kappa shape index (κ3) is 2.78. The van der Waals surface area contributed by atoms with Crippen molar-refractivity contribution in [2.45, 2.75) is 6.42 Å². The Morgan fingerprint density at radius 1 is 1.24 bits per heavy atom. The summed E-state index contributed by atoms with van der Waals surface area (Å²) in [5.41, 5.74) is 6.15. The summed E-state index contributed by atoms with van der Waals surface area (Å²) in [6, 6.07) is 12.9. The van der Waals surface area contributed by atoms with Crippen molar-refractivity contribution >= 4 is 44.1 Å². The van der Waals surface area contributed by atoms with Crippen LogP contribution in [0.5, 0.6) is 0 Å². The fraction of sp³-hybridized carbons (Fsp3) is 0.111. The minimum absolute atomic E-state index is 0.118. The largest absolute Gasteiger partial charge is 0.355 e. The standard InChI is InChI=1S/C18H14N4O2S/c1-19-17(24)10-6-7-12-11(8-10)9-14(16(12)23)21-22-18-20-13-4-2-3-5-15(13)25-18/h2-8H,9H2,1H3,(H,19,24)(H,20,22)/b21-14-. The zero-order valence-corrected chi connectivity index (χ0v) is 14.2. The van der Waals surface area contributed by atoms with Gasteiger partial charge in [0.15, 0.2) is 0 Å². The average molecular weight is 350 g/mol. The van der Waals surface area contributed by atoms with Crippen LogP contribution in [0.3, 0.4) is 0 Å². The maximum Gasteiger partial charge on any atom is 0.251 e. The molecule has 0 bridgehead atoms. The number of hydrazone groups is 1. The predicted octanol–water partition coefficient (Wildman–Crippen LogP) is 2.86. The maximum absolute atomic E-state index is 12.5. The number of amides is 1. The molecule has 0 radical (unpaired) electrons. The molecule has 6 nitrogen and oxygen atoms in total. The number of fused-ring (bicyclic) bond motifs is 2. The van der Waals surface area contributed by atoms with E-state index in [-0.39, 0.29) is 11.7 Å². The molecule has 0 saturated carbocycles. The second-order valence-electron chi connectivity index (χ2n) is 5.61. The van der Waals surface area contributed by atoms with Gasteiger partial charge >= 0.3 is 0 Å². The summed E-state index contributed by atoms with van der Waals surface area (Å²) in [7, 11) is 1.58. The Hall–Kier alpha value is -3.06. The van der Waals surface area contributed by atoms with Crippen LogP contribution in [0, 0.1) is 0 Å². The minimum atomic E-state index is -0.173. The Morgan fingerprint density at radius 3 is 2.88 bits per heavy atom. The molecule has 4 rings (SSSR count). The van der Waals surface area contributed by atoms with Crippen molar-refractivity contribution in [1.82, 2.24) is 10.3 Å². The Kier molecular flexibility index (Phi) is 3.77. The predicted molar refractivity (Wildman–Crippen MR) is 98.5 cm³/mol. The molecule has 2 aromatic carbocycles. The number of anilines is 1. The first-order chi connectivity index (χ1) is 12.2. The molecule has 0 unspecified atom stereocenters. The van der Waals surface area contributed by atoms with E-state index in [0.29, 0.717) is 28.4 Å². The Morgan fingerprint density at radius 2 is 2.08 bits per heavy atom. The number of nitrogens with one attached hydrogen (secondary N) is 2.